The zero-order valence-corrected chi connectivity index (χ0v) is 14.0. The number of rotatable bonds is 10. The van der Waals surface area contributed by atoms with Crippen molar-refractivity contribution < 1.29 is 13.2 Å². The van der Waals surface area contributed by atoms with Crippen LogP contribution in [0.5, 0.6) is 0 Å². The summed E-state index contributed by atoms with van der Waals surface area (Å²) in [4.78, 5) is 0.177. The van der Waals surface area contributed by atoms with Gasteiger partial charge in [-0.25, -0.2) is 13.1 Å². The van der Waals surface area contributed by atoms with E-state index in [9.17, 15) is 8.42 Å². The first-order valence-corrected chi connectivity index (χ1v) is 8.66. The van der Waals surface area contributed by atoms with Crippen LogP contribution < -0.4 is 10.0 Å². The molecule has 0 fully saturated rings. The van der Waals surface area contributed by atoms with Gasteiger partial charge in [0.15, 0.2) is 0 Å². The zero-order valence-electron chi connectivity index (χ0n) is 13.2. The Labute approximate surface area is 127 Å². The molecule has 7 nitrogen and oxygen atoms in total. The number of aromatic nitrogens is 2. The molecule has 0 aliphatic rings. The monoisotopic (exact) mass is 318 g/mol. The Balaban J connectivity index is 2.46. The van der Waals surface area contributed by atoms with E-state index in [2.05, 4.69) is 29.0 Å². The largest absolute Gasteiger partial charge is 0.377 e. The molecule has 1 aromatic rings. The molecule has 21 heavy (non-hydrogen) atoms. The lowest BCUT2D eigenvalue weighted by atomic mass is 10.4. The third kappa shape index (κ3) is 7.03. The van der Waals surface area contributed by atoms with Crippen LogP contribution in [0, 0.1) is 0 Å². The number of sulfonamides is 1. The van der Waals surface area contributed by atoms with Crippen molar-refractivity contribution in [3.63, 3.8) is 0 Å². The van der Waals surface area contributed by atoms with Crippen LogP contribution in [0.3, 0.4) is 0 Å². The fraction of sp³-hybridized carbons (Fsp3) is 0.769. The van der Waals surface area contributed by atoms with E-state index in [0.29, 0.717) is 19.2 Å². The van der Waals surface area contributed by atoms with E-state index in [1.165, 1.54) is 12.4 Å². The lowest BCUT2D eigenvalue weighted by Gasteiger charge is -2.08. The second-order valence-electron chi connectivity index (χ2n) is 5.37. The summed E-state index contributed by atoms with van der Waals surface area (Å²) in [7, 11) is -3.51. The minimum Gasteiger partial charge on any atom is -0.377 e. The molecule has 0 spiro atoms. The topological polar surface area (TPSA) is 85.2 Å². The molecule has 1 aromatic heterocycles. The number of ether oxygens (including phenoxy) is 1. The summed E-state index contributed by atoms with van der Waals surface area (Å²) in [5.41, 5.74) is 0. The van der Waals surface area contributed by atoms with Gasteiger partial charge in [0.1, 0.15) is 4.90 Å². The lowest BCUT2D eigenvalue weighted by molar-refractivity contribution is 0.0834. The first-order chi connectivity index (χ1) is 9.81. The van der Waals surface area contributed by atoms with Crippen LogP contribution in [-0.2, 0) is 21.3 Å². The van der Waals surface area contributed by atoms with Crippen molar-refractivity contribution in [1.29, 1.82) is 0 Å². The molecule has 2 N–H and O–H groups in total. The fourth-order valence-corrected chi connectivity index (χ4v) is 2.59. The van der Waals surface area contributed by atoms with Crippen molar-refractivity contribution in [3.8, 4) is 0 Å². The zero-order chi connectivity index (χ0) is 15.9. The molecule has 1 rings (SSSR count). The maximum Gasteiger partial charge on any atom is 0.243 e. The molecule has 0 saturated heterocycles. The predicted molar refractivity (Wildman–Crippen MR) is 81.6 cm³/mol. The van der Waals surface area contributed by atoms with Crippen molar-refractivity contribution in [3.05, 3.63) is 12.4 Å². The maximum absolute atomic E-state index is 12.0. The summed E-state index contributed by atoms with van der Waals surface area (Å²) in [6, 6.07) is 0.395. The van der Waals surface area contributed by atoms with Crippen LogP contribution in [-0.4, -0.2) is 50.0 Å². The second-order valence-corrected chi connectivity index (χ2v) is 7.13. The van der Waals surface area contributed by atoms with Gasteiger partial charge in [-0.2, -0.15) is 5.10 Å². The first-order valence-electron chi connectivity index (χ1n) is 7.18. The minimum absolute atomic E-state index is 0.0886. The van der Waals surface area contributed by atoms with Crippen molar-refractivity contribution in [2.24, 2.45) is 0 Å². The van der Waals surface area contributed by atoms with Gasteiger partial charge in [0, 0.05) is 25.3 Å². The molecule has 0 saturated carbocycles. The standard InChI is InChI=1S/C13H26N4O3S/c1-11(2)14-5-7-17-10-13(9-15-17)21(18,19)16-6-8-20-12(3)4/h9-12,14,16H,5-8H2,1-4H3. The van der Waals surface area contributed by atoms with Crippen LogP contribution in [0.4, 0.5) is 0 Å². The van der Waals surface area contributed by atoms with Gasteiger partial charge in [-0.05, 0) is 13.8 Å². The molecule has 0 unspecified atom stereocenters. The van der Waals surface area contributed by atoms with Gasteiger partial charge in [-0.15, -0.1) is 0 Å². The normalized spacial score (nSPS) is 12.5. The highest BCUT2D eigenvalue weighted by Crippen LogP contribution is 2.06. The van der Waals surface area contributed by atoms with Gasteiger partial charge >= 0.3 is 0 Å². The molecule has 0 radical (unpaired) electrons. The Hall–Kier alpha value is -0.960. The summed E-state index contributed by atoms with van der Waals surface area (Å²) >= 11 is 0. The molecule has 0 bridgehead atoms. The molecule has 0 amide bonds. The average Bonchev–Trinajstić information content (AvgIpc) is 2.83. The average molecular weight is 318 g/mol. The highest BCUT2D eigenvalue weighted by atomic mass is 32.2. The van der Waals surface area contributed by atoms with E-state index in [-0.39, 0.29) is 17.5 Å². The Bertz CT molecular complexity index is 511. The summed E-state index contributed by atoms with van der Waals surface area (Å²) in [6.45, 7) is 9.90. The lowest BCUT2D eigenvalue weighted by Crippen LogP contribution is -2.28. The Morgan fingerprint density at radius 1 is 1.29 bits per heavy atom. The van der Waals surface area contributed by atoms with E-state index < -0.39 is 10.0 Å². The van der Waals surface area contributed by atoms with Crippen LogP contribution in [0.1, 0.15) is 27.7 Å². The molecule has 0 atom stereocenters. The Morgan fingerprint density at radius 3 is 2.62 bits per heavy atom. The van der Waals surface area contributed by atoms with Crippen LogP contribution in [0.15, 0.2) is 17.3 Å². The van der Waals surface area contributed by atoms with E-state index in [0.717, 1.165) is 6.54 Å². The van der Waals surface area contributed by atoms with Crippen molar-refractivity contribution in [2.75, 3.05) is 19.7 Å². The van der Waals surface area contributed by atoms with E-state index in [1.54, 1.807) is 4.68 Å². The summed E-state index contributed by atoms with van der Waals surface area (Å²) in [6.07, 6.45) is 2.99. The number of nitrogens with zero attached hydrogens (tertiary/aromatic N) is 2. The van der Waals surface area contributed by atoms with Crippen LogP contribution in [0.25, 0.3) is 0 Å². The van der Waals surface area contributed by atoms with Gasteiger partial charge in [0.25, 0.3) is 0 Å². The smallest absolute Gasteiger partial charge is 0.243 e. The van der Waals surface area contributed by atoms with Gasteiger partial charge < -0.3 is 10.1 Å². The predicted octanol–water partition coefficient (Wildman–Crippen LogP) is 0.584. The molecule has 0 aliphatic heterocycles. The molecule has 122 valence electrons. The maximum atomic E-state index is 12.0. The van der Waals surface area contributed by atoms with E-state index >= 15 is 0 Å². The minimum atomic E-state index is -3.51. The highest BCUT2D eigenvalue weighted by Gasteiger charge is 2.15. The van der Waals surface area contributed by atoms with E-state index in [1.807, 2.05) is 13.8 Å². The Morgan fingerprint density at radius 2 is 2.00 bits per heavy atom. The van der Waals surface area contributed by atoms with Crippen LogP contribution in [0.2, 0.25) is 0 Å². The van der Waals surface area contributed by atoms with Gasteiger partial charge in [0.05, 0.1) is 25.5 Å². The van der Waals surface area contributed by atoms with Crippen LogP contribution >= 0.6 is 0 Å². The number of nitrogens with one attached hydrogen (secondary N) is 2. The van der Waals surface area contributed by atoms with Gasteiger partial charge in [0.2, 0.25) is 10.0 Å². The molecule has 8 heteroatoms. The summed E-state index contributed by atoms with van der Waals surface area (Å²) < 4.78 is 33.5. The first kappa shape index (κ1) is 18.1. The van der Waals surface area contributed by atoms with Gasteiger partial charge in [-0.1, -0.05) is 13.8 Å². The SMILES string of the molecule is CC(C)NCCn1cc(S(=O)(=O)NCCOC(C)C)cn1. The quantitative estimate of drug-likeness (QED) is 0.617. The van der Waals surface area contributed by atoms with Crippen molar-refractivity contribution in [1.82, 2.24) is 19.8 Å². The molecule has 0 aliphatic carbocycles. The fourth-order valence-electron chi connectivity index (χ4n) is 1.63. The highest BCUT2D eigenvalue weighted by molar-refractivity contribution is 7.89. The van der Waals surface area contributed by atoms with Crippen molar-refractivity contribution in [2.45, 2.75) is 51.3 Å². The molecule has 0 aromatic carbocycles. The summed E-state index contributed by atoms with van der Waals surface area (Å²) in [5, 5.41) is 7.31. The Kier molecular flexibility index (Phi) is 7.30. The molecule has 1 heterocycles. The van der Waals surface area contributed by atoms with Gasteiger partial charge in [-0.3, -0.25) is 4.68 Å². The van der Waals surface area contributed by atoms with E-state index in [4.69, 9.17) is 4.74 Å². The summed E-state index contributed by atoms with van der Waals surface area (Å²) in [5.74, 6) is 0. The number of hydrogen-bond acceptors (Lipinski definition) is 5. The third-order valence-corrected chi connectivity index (χ3v) is 4.07. The molecular formula is C13H26N4O3S. The second kappa shape index (κ2) is 8.47. The van der Waals surface area contributed by atoms with Crippen molar-refractivity contribution >= 4 is 10.0 Å². The number of hydrogen-bond donors (Lipinski definition) is 2. The molecular weight excluding hydrogens is 292 g/mol. The third-order valence-electron chi connectivity index (χ3n) is 2.66.